The number of nitrogens with zero attached hydrogens (tertiary/aromatic N) is 2. The fourth-order valence-electron chi connectivity index (χ4n) is 2.60. The van der Waals surface area contributed by atoms with Crippen molar-refractivity contribution in [3.8, 4) is 11.8 Å². The fourth-order valence-corrected chi connectivity index (χ4v) is 2.60. The van der Waals surface area contributed by atoms with Crippen LogP contribution in [0.4, 0.5) is 10.1 Å². The molecule has 0 radical (unpaired) electrons. The molecule has 3 aromatic rings. The van der Waals surface area contributed by atoms with Crippen LogP contribution in [-0.2, 0) is 6.61 Å². The van der Waals surface area contributed by atoms with Gasteiger partial charge in [-0.3, -0.25) is 10.1 Å². The Hall–Kier alpha value is -3.98. The summed E-state index contributed by atoms with van der Waals surface area (Å²) < 4.78 is 18.8. The molecule has 138 valence electrons. The van der Waals surface area contributed by atoms with E-state index >= 15 is 0 Å². The lowest BCUT2D eigenvalue weighted by molar-refractivity contribution is -0.384. The van der Waals surface area contributed by atoms with Gasteiger partial charge in [-0.15, -0.1) is 0 Å². The van der Waals surface area contributed by atoms with Crippen LogP contribution in [0.3, 0.4) is 0 Å². The van der Waals surface area contributed by atoms with Gasteiger partial charge in [0.05, 0.1) is 16.6 Å². The van der Waals surface area contributed by atoms with Crippen LogP contribution in [0.15, 0.2) is 72.8 Å². The molecule has 0 aliphatic heterocycles. The van der Waals surface area contributed by atoms with Gasteiger partial charge in [-0.1, -0.05) is 42.5 Å². The SMILES string of the molecule is N#C/C(=C/c1ccccc1OCc1ccc(F)cc1)c1cccc([N+](=O)[O-])c1. The van der Waals surface area contributed by atoms with Crippen LogP contribution in [0.5, 0.6) is 5.75 Å². The molecule has 28 heavy (non-hydrogen) atoms. The number of nitro groups is 1. The summed E-state index contributed by atoms with van der Waals surface area (Å²) in [4.78, 5) is 10.5. The highest BCUT2D eigenvalue weighted by molar-refractivity contribution is 5.91. The second-order valence-corrected chi connectivity index (χ2v) is 5.93. The molecule has 6 heteroatoms. The van der Waals surface area contributed by atoms with Gasteiger partial charge in [0.25, 0.3) is 5.69 Å². The van der Waals surface area contributed by atoms with Gasteiger partial charge in [-0.05, 0) is 35.4 Å². The van der Waals surface area contributed by atoms with Crippen LogP contribution in [0.2, 0.25) is 0 Å². The van der Waals surface area contributed by atoms with Crippen molar-refractivity contribution >= 4 is 17.3 Å². The molecule has 0 fully saturated rings. The molecule has 0 amide bonds. The maximum absolute atomic E-state index is 13.0. The van der Waals surface area contributed by atoms with Gasteiger partial charge in [-0.2, -0.15) is 5.26 Å². The smallest absolute Gasteiger partial charge is 0.270 e. The lowest BCUT2D eigenvalue weighted by Crippen LogP contribution is -1.97. The molecule has 0 spiro atoms. The largest absolute Gasteiger partial charge is 0.488 e. The first-order valence-electron chi connectivity index (χ1n) is 8.40. The van der Waals surface area contributed by atoms with Crippen molar-refractivity contribution in [2.45, 2.75) is 6.61 Å². The van der Waals surface area contributed by atoms with Crippen molar-refractivity contribution in [1.82, 2.24) is 0 Å². The van der Waals surface area contributed by atoms with E-state index in [1.54, 1.807) is 48.5 Å². The first kappa shape index (κ1) is 18.8. The van der Waals surface area contributed by atoms with Gasteiger partial charge in [-0.25, -0.2) is 4.39 Å². The van der Waals surface area contributed by atoms with Crippen LogP contribution >= 0.6 is 0 Å². The summed E-state index contributed by atoms with van der Waals surface area (Å²) in [6, 6.07) is 21.1. The molecule has 0 aromatic heterocycles. The molecular formula is C22H15FN2O3. The van der Waals surface area contributed by atoms with Crippen molar-refractivity contribution in [2.24, 2.45) is 0 Å². The van der Waals surface area contributed by atoms with Crippen LogP contribution < -0.4 is 4.74 Å². The van der Waals surface area contributed by atoms with Crippen molar-refractivity contribution in [1.29, 1.82) is 5.26 Å². The number of ether oxygens (including phenoxy) is 1. The molecule has 0 heterocycles. The average Bonchev–Trinajstić information content (AvgIpc) is 2.72. The van der Waals surface area contributed by atoms with Crippen LogP contribution in [-0.4, -0.2) is 4.92 Å². The summed E-state index contributed by atoms with van der Waals surface area (Å²) in [7, 11) is 0. The predicted molar refractivity (Wildman–Crippen MR) is 104 cm³/mol. The topological polar surface area (TPSA) is 76.2 Å². The molecule has 0 bridgehead atoms. The zero-order valence-corrected chi connectivity index (χ0v) is 14.7. The number of hydrogen-bond acceptors (Lipinski definition) is 4. The molecule has 0 saturated heterocycles. The van der Waals surface area contributed by atoms with E-state index in [1.807, 2.05) is 0 Å². The Morgan fingerprint density at radius 2 is 1.86 bits per heavy atom. The molecule has 0 saturated carbocycles. The monoisotopic (exact) mass is 374 g/mol. The highest BCUT2D eigenvalue weighted by atomic mass is 19.1. The molecule has 0 aliphatic carbocycles. The highest BCUT2D eigenvalue weighted by Gasteiger charge is 2.10. The van der Waals surface area contributed by atoms with E-state index in [4.69, 9.17) is 4.74 Å². The Morgan fingerprint density at radius 1 is 1.11 bits per heavy atom. The second kappa shape index (κ2) is 8.60. The molecule has 0 N–H and O–H groups in total. The Morgan fingerprint density at radius 3 is 2.57 bits per heavy atom. The van der Waals surface area contributed by atoms with E-state index in [9.17, 15) is 19.8 Å². The molecule has 3 rings (SSSR count). The number of allylic oxidation sites excluding steroid dienone is 1. The summed E-state index contributed by atoms with van der Waals surface area (Å²) in [6.07, 6.45) is 1.62. The molecular weight excluding hydrogens is 359 g/mol. The van der Waals surface area contributed by atoms with Crippen molar-refractivity contribution < 1.29 is 14.1 Å². The van der Waals surface area contributed by atoms with Crippen LogP contribution in [0.1, 0.15) is 16.7 Å². The Bertz CT molecular complexity index is 1070. The lowest BCUT2D eigenvalue weighted by Gasteiger charge is -2.10. The second-order valence-electron chi connectivity index (χ2n) is 5.93. The summed E-state index contributed by atoms with van der Waals surface area (Å²) in [5, 5.41) is 20.5. The van der Waals surface area contributed by atoms with E-state index in [0.29, 0.717) is 16.9 Å². The third-order valence-electron chi connectivity index (χ3n) is 4.01. The Labute approximate surface area is 161 Å². The number of benzene rings is 3. The van der Waals surface area contributed by atoms with Crippen LogP contribution in [0, 0.1) is 27.3 Å². The van der Waals surface area contributed by atoms with Gasteiger partial charge in [0.1, 0.15) is 18.2 Å². The van der Waals surface area contributed by atoms with Gasteiger partial charge < -0.3 is 4.74 Å². The molecule has 0 unspecified atom stereocenters. The van der Waals surface area contributed by atoms with E-state index < -0.39 is 4.92 Å². The number of para-hydroxylation sites is 1. The quantitative estimate of drug-likeness (QED) is 0.251. The summed E-state index contributed by atoms with van der Waals surface area (Å²) in [6.45, 7) is 0.240. The van der Waals surface area contributed by atoms with Crippen molar-refractivity contribution in [3.63, 3.8) is 0 Å². The number of halogens is 1. The van der Waals surface area contributed by atoms with E-state index in [1.165, 1.54) is 30.3 Å². The van der Waals surface area contributed by atoms with Gasteiger partial charge in [0.15, 0.2) is 0 Å². The zero-order valence-electron chi connectivity index (χ0n) is 14.7. The number of hydrogen-bond donors (Lipinski definition) is 0. The van der Waals surface area contributed by atoms with E-state index in [0.717, 1.165) is 5.56 Å². The number of nitriles is 1. The standard InChI is InChI=1S/C22H15FN2O3/c23-20-10-8-16(9-11-20)15-28-22-7-2-1-4-18(22)12-19(14-24)17-5-3-6-21(13-17)25(26)27/h1-13H,15H2/b19-12-. The molecule has 0 atom stereocenters. The van der Waals surface area contributed by atoms with Gasteiger partial charge in [0.2, 0.25) is 0 Å². The minimum absolute atomic E-state index is 0.0838. The number of rotatable bonds is 6. The van der Waals surface area contributed by atoms with Gasteiger partial charge >= 0.3 is 0 Å². The highest BCUT2D eigenvalue weighted by Crippen LogP contribution is 2.27. The number of non-ortho nitro benzene ring substituents is 1. The minimum Gasteiger partial charge on any atom is -0.488 e. The van der Waals surface area contributed by atoms with Crippen molar-refractivity contribution in [2.75, 3.05) is 0 Å². The first-order chi connectivity index (χ1) is 13.6. The zero-order chi connectivity index (χ0) is 19.9. The average molecular weight is 374 g/mol. The van der Waals surface area contributed by atoms with Crippen LogP contribution in [0.25, 0.3) is 11.6 Å². The minimum atomic E-state index is -0.502. The van der Waals surface area contributed by atoms with Gasteiger partial charge in [0, 0.05) is 17.7 Å². The molecule has 0 aliphatic rings. The lowest BCUT2D eigenvalue weighted by atomic mass is 10.0. The Kier molecular flexibility index (Phi) is 5.78. The fraction of sp³-hybridized carbons (Fsp3) is 0.0455. The summed E-state index contributed by atoms with van der Waals surface area (Å²) >= 11 is 0. The third kappa shape index (κ3) is 4.59. The number of nitro benzene ring substituents is 1. The Balaban J connectivity index is 1.88. The summed E-state index contributed by atoms with van der Waals surface area (Å²) in [5.74, 6) is 0.229. The van der Waals surface area contributed by atoms with Crippen molar-refractivity contribution in [3.05, 3.63) is 105 Å². The first-order valence-corrected chi connectivity index (χ1v) is 8.40. The molecule has 5 nitrogen and oxygen atoms in total. The summed E-state index contributed by atoms with van der Waals surface area (Å²) in [5.41, 5.74) is 2.11. The normalized spacial score (nSPS) is 10.9. The third-order valence-corrected chi connectivity index (χ3v) is 4.01. The predicted octanol–water partition coefficient (Wildman–Crippen LogP) is 5.38. The maximum Gasteiger partial charge on any atom is 0.270 e. The van der Waals surface area contributed by atoms with E-state index in [-0.39, 0.29) is 23.7 Å². The maximum atomic E-state index is 13.0. The van der Waals surface area contributed by atoms with E-state index in [2.05, 4.69) is 6.07 Å². The molecule has 3 aromatic carbocycles.